The molecule has 6 nitrogen and oxygen atoms in total. The molecular formula is C18H30N4O2. The second-order valence-corrected chi connectivity index (χ2v) is 7.61. The summed E-state index contributed by atoms with van der Waals surface area (Å²) in [5.74, 6) is 1.43. The van der Waals surface area contributed by atoms with Gasteiger partial charge in [0.25, 0.3) is 0 Å². The van der Waals surface area contributed by atoms with Gasteiger partial charge in [-0.2, -0.15) is 0 Å². The highest BCUT2D eigenvalue weighted by atomic mass is 16.3. The molecule has 1 saturated heterocycles. The summed E-state index contributed by atoms with van der Waals surface area (Å²) in [6.45, 7) is 3.64. The van der Waals surface area contributed by atoms with E-state index in [-0.39, 0.29) is 11.9 Å². The quantitative estimate of drug-likeness (QED) is 0.892. The van der Waals surface area contributed by atoms with Crippen molar-refractivity contribution in [1.29, 1.82) is 0 Å². The molecule has 4 unspecified atom stereocenters. The maximum atomic E-state index is 12.6. The molecule has 0 spiro atoms. The zero-order chi connectivity index (χ0) is 17.1. The van der Waals surface area contributed by atoms with Gasteiger partial charge in [-0.3, -0.25) is 0 Å². The van der Waals surface area contributed by atoms with Gasteiger partial charge >= 0.3 is 6.03 Å². The number of nitrogens with zero attached hydrogens (tertiary/aromatic N) is 3. The highest BCUT2D eigenvalue weighted by Crippen LogP contribution is 2.29. The van der Waals surface area contributed by atoms with Crippen molar-refractivity contribution >= 4 is 6.03 Å². The number of amides is 2. The van der Waals surface area contributed by atoms with E-state index >= 15 is 0 Å². The predicted molar refractivity (Wildman–Crippen MR) is 92.4 cm³/mol. The van der Waals surface area contributed by atoms with Crippen molar-refractivity contribution in [1.82, 2.24) is 19.8 Å². The lowest BCUT2D eigenvalue weighted by Crippen LogP contribution is -2.50. The predicted octanol–water partition coefficient (Wildman–Crippen LogP) is 2.45. The van der Waals surface area contributed by atoms with Gasteiger partial charge < -0.3 is 19.9 Å². The number of aryl methyl sites for hydroxylation is 1. The summed E-state index contributed by atoms with van der Waals surface area (Å²) in [6, 6.07) is 0.340. The van der Waals surface area contributed by atoms with Crippen LogP contribution in [0.25, 0.3) is 0 Å². The molecule has 134 valence electrons. The molecule has 1 saturated carbocycles. The average Bonchev–Trinajstić information content (AvgIpc) is 3.00. The third-order valence-corrected chi connectivity index (χ3v) is 5.58. The molecule has 2 fully saturated rings. The number of piperidine rings is 1. The minimum atomic E-state index is -0.615. The molecular weight excluding hydrogens is 304 g/mol. The highest BCUT2D eigenvalue weighted by Gasteiger charge is 2.32. The number of carbonyl (C=O) groups excluding carboxylic acids is 1. The fraction of sp³-hybridized carbons (Fsp3) is 0.778. The number of aromatic nitrogens is 2. The van der Waals surface area contributed by atoms with Gasteiger partial charge in [-0.15, -0.1) is 0 Å². The van der Waals surface area contributed by atoms with Crippen molar-refractivity contribution in [3.63, 3.8) is 0 Å². The molecule has 2 N–H and O–H groups in total. The van der Waals surface area contributed by atoms with E-state index in [9.17, 15) is 9.90 Å². The van der Waals surface area contributed by atoms with E-state index in [1.165, 1.54) is 12.8 Å². The summed E-state index contributed by atoms with van der Waals surface area (Å²) in [4.78, 5) is 18.7. The Hall–Kier alpha value is -1.56. The number of carbonyl (C=O) groups is 1. The summed E-state index contributed by atoms with van der Waals surface area (Å²) < 4.78 is 1.85. The van der Waals surface area contributed by atoms with Gasteiger partial charge in [0, 0.05) is 44.5 Å². The van der Waals surface area contributed by atoms with Crippen molar-refractivity contribution < 1.29 is 9.90 Å². The first-order chi connectivity index (χ1) is 11.5. The van der Waals surface area contributed by atoms with Crippen LogP contribution < -0.4 is 5.32 Å². The van der Waals surface area contributed by atoms with Crippen LogP contribution >= 0.6 is 0 Å². The molecule has 1 aliphatic carbocycles. The zero-order valence-electron chi connectivity index (χ0n) is 14.8. The third kappa shape index (κ3) is 3.91. The Bertz CT molecular complexity index is 559. The monoisotopic (exact) mass is 334 g/mol. The number of likely N-dealkylation sites (tertiary alicyclic amines) is 1. The topological polar surface area (TPSA) is 70.4 Å². The first kappa shape index (κ1) is 17.3. The van der Waals surface area contributed by atoms with E-state index in [2.05, 4.69) is 17.2 Å². The molecule has 1 aromatic heterocycles. The van der Waals surface area contributed by atoms with E-state index in [1.54, 1.807) is 6.20 Å². The number of hydrogen-bond acceptors (Lipinski definition) is 3. The lowest BCUT2D eigenvalue weighted by Gasteiger charge is -2.36. The molecule has 0 radical (unpaired) electrons. The molecule has 24 heavy (non-hydrogen) atoms. The van der Waals surface area contributed by atoms with Crippen molar-refractivity contribution in [3.05, 3.63) is 18.2 Å². The van der Waals surface area contributed by atoms with Crippen LogP contribution in [0.1, 0.15) is 57.4 Å². The average molecular weight is 334 g/mol. The Balaban J connectivity index is 1.56. The van der Waals surface area contributed by atoms with Crippen LogP contribution in [-0.4, -0.2) is 44.7 Å². The molecule has 1 aliphatic heterocycles. The number of imidazole rings is 1. The maximum absolute atomic E-state index is 12.6. The molecule has 0 bridgehead atoms. The molecule has 2 heterocycles. The maximum Gasteiger partial charge on any atom is 0.317 e. The Morgan fingerprint density at radius 3 is 2.92 bits per heavy atom. The lowest BCUT2D eigenvalue weighted by molar-refractivity contribution is 0.0524. The standard InChI is InChI=1S/C18H30N4O2/c1-13-5-3-7-15(11-13)20-18(24)22-9-4-6-14(12-22)16(23)17-19-8-10-21(17)2/h8,10,13-16,23H,3-7,9,11-12H2,1-2H3,(H,20,24). The van der Waals surface area contributed by atoms with Crippen molar-refractivity contribution in [2.24, 2.45) is 18.9 Å². The van der Waals surface area contributed by atoms with E-state index in [1.807, 2.05) is 22.7 Å². The summed E-state index contributed by atoms with van der Waals surface area (Å²) in [5.41, 5.74) is 0. The Labute approximate surface area is 144 Å². The summed E-state index contributed by atoms with van der Waals surface area (Å²) in [6.07, 6.45) is 9.43. The molecule has 3 rings (SSSR count). The SMILES string of the molecule is CC1CCCC(NC(=O)N2CCCC(C(O)c3nccn3C)C2)C1. The van der Waals surface area contributed by atoms with Crippen LogP contribution in [0, 0.1) is 11.8 Å². The van der Waals surface area contributed by atoms with Crippen molar-refractivity contribution in [2.45, 2.75) is 57.6 Å². The summed E-state index contributed by atoms with van der Waals surface area (Å²) >= 11 is 0. The second-order valence-electron chi connectivity index (χ2n) is 7.61. The van der Waals surface area contributed by atoms with Crippen molar-refractivity contribution in [3.8, 4) is 0 Å². The van der Waals surface area contributed by atoms with Gasteiger partial charge in [0.05, 0.1) is 0 Å². The van der Waals surface area contributed by atoms with Crippen LogP contribution in [0.2, 0.25) is 0 Å². The second kappa shape index (κ2) is 7.55. The molecule has 6 heteroatoms. The van der Waals surface area contributed by atoms with E-state index in [0.717, 1.165) is 32.2 Å². The lowest BCUT2D eigenvalue weighted by atomic mass is 9.87. The van der Waals surface area contributed by atoms with Crippen LogP contribution in [0.5, 0.6) is 0 Å². The van der Waals surface area contributed by atoms with E-state index < -0.39 is 6.10 Å². The van der Waals surface area contributed by atoms with Gasteiger partial charge in [0.15, 0.2) is 0 Å². The van der Waals surface area contributed by atoms with Gasteiger partial charge in [-0.05, 0) is 31.6 Å². The van der Waals surface area contributed by atoms with Crippen molar-refractivity contribution in [2.75, 3.05) is 13.1 Å². The highest BCUT2D eigenvalue weighted by molar-refractivity contribution is 5.74. The smallest absolute Gasteiger partial charge is 0.317 e. The number of rotatable bonds is 3. The number of aliphatic hydroxyl groups is 1. The Morgan fingerprint density at radius 2 is 2.21 bits per heavy atom. The Kier molecular flexibility index (Phi) is 5.43. The van der Waals surface area contributed by atoms with Gasteiger partial charge in [-0.25, -0.2) is 9.78 Å². The summed E-state index contributed by atoms with van der Waals surface area (Å²) in [5, 5.41) is 13.8. The van der Waals surface area contributed by atoms with Crippen LogP contribution in [0.3, 0.4) is 0 Å². The minimum Gasteiger partial charge on any atom is -0.385 e. The molecule has 2 aliphatic rings. The summed E-state index contributed by atoms with van der Waals surface area (Å²) in [7, 11) is 1.89. The molecule has 0 aromatic carbocycles. The molecule has 2 amide bonds. The minimum absolute atomic E-state index is 0.0332. The fourth-order valence-electron chi connectivity index (χ4n) is 4.16. The van der Waals surface area contributed by atoms with E-state index in [4.69, 9.17) is 0 Å². The fourth-order valence-corrected chi connectivity index (χ4v) is 4.16. The number of hydrogen-bond donors (Lipinski definition) is 2. The number of urea groups is 1. The largest absolute Gasteiger partial charge is 0.385 e. The first-order valence-corrected chi connectivity index (χ1v) is 9.25. The number of nitrogens with one attached hydrogen (secondary N) is 1. The van der Waals surface area contributed by atoms with Gasteiger partial charge in [0.2, 0.25) is 0 Å². The normalized spacial score (nSPS) is 29.3. The molecule has 4 atom stereocenters. The van der Waals surface area contributed by atoms with Crippen LogP contribution in [0.15, 0.2) is 12.4 Å². The number of aliphatic hydroxyl groups excluding tert-OH is 1. The Morgan fingerprint density at radius 1 is 1.38 bits per heavy atom. The van der Waals surface area contributed by atoms with Gasteiger partial charge in [-0.1, -0.05) is 19.8 Å². The molecule has 1 aromatic rings. The first-order valence-electron chi connectivity index (χ1n) is 9.25. The zero-order valence-corrected chi connectivity index (χ0v) is 14.8. The van der Waals surface area contributed by atoms with E-state index in [0.29, 0.717) is 24.3 Å². The van der Waals surface area contributed by atoms with Crippen LogP contribution in [0.4, 0.5) is 4.79 Å². The van der Waals surface area contributed by atoms with Crippen LogP contribution in [-0.2, 0) is 7.05 Å². The van der Waals surface area contributed by atoms with Gasteiger partial charge in [0.1, 0.15) is 11.9 Å². The third-order valence-electron chi connectivity index (χ3n) is 5.58.